The summed E-state index contributed by atoms with van der Waals surface area (Å²) in [5.41, 5.74) is 3.70. The summed E-state index contributed by atoms with van der Waals surface area (Å²) in [6.45, 7) is 6.56. The first-order chi connectivity index (χ1) is 8.33. The maximum absolute atomic E-state index is 5.37. The lowest BCUT2D eigenvalue weighted by molar-refractivity contribution is -0.0518. The smallest absolute Gasteiger partial charge is 0.106 e. The van der Waals surface area contributed by atoms with Gasteiger partial charge in [-0.2, -0.15) is 0 Å². The van der Waals surface area contributed by atoms with Gasteiger partial charge in [0.1, 0.15) is 6.34 Å². The van der Waals surface area contributed by atoms with E-state index in [-0.39, 0.29) is 0 Å². The van der Waals surface area contributed by atoms with Gasteiger partial charge >= 0.3 is 0 Å². The number of morpholine rings is 1. The Morgan fingerprint density at radius 2 is 2.06 bits per heavy atom. The maximum atomic E-state index is 5.37. The summed E-state index contributed by atoms with van der Waals surface area (Å²) in [5.74, 6) is 0. The van der Waals surface area contributed by atoms with Crippen molar-refractivity contribution in [2.75, 3.05) is 26.3 Å². The van der Waals surface area contributed by atoms with Crippen LogP contribution in [0.4, 0.5) is 5.69 Å². The molecule has 1 aromatic rings. The molecule has 1 aromatic carbocycles. The molecule has 2 aliphatic rings. The van der Waals surface area contributed by atoms with E-state index >= 15 is 0 Å². The van der Waals surface area contributed by atoms with Gasteiger partial charge in [0.25, 0.3) is 0 Å². The SMILES string of the molecule is Cc1ccc2c(c1)CN(N1CCOCC1)C=N2. The number of aliphatic imine (C=N–C) groups is 1. The fourth-order valence-electron chi connectivity index (χ4n) is 2.29. The van der Waals surface area contributed by atoms with Crippen molar-refractivity contribution in [1.82, 2.24) is 10.0 Å². The Morgan fingerprint density at radius 1 is 1.24 bits per heavy atom. The van der Waals surface area contributed by atoms with Gasteiger partial charge in [-0.15, -0.1) is 0 Å². The van der Waals surface area contributed by atoms with Crippen LogP contribution in [0.25, 0.3) is 0 Å². The molecule has 0 radical (unpaired) electrons. The minimum Gasteiger partial charge on any atom is -0.379 e. The number of aryl methyl sites for hydroxylation is 1. The normalized spacial score (nSPS) is 20.4. The molecule has 0 aliphatic carbocycles. The summed E-state index contributed by atoms with van der Waals surface area (Å²) >= 11 is 0. The molecule has 0 unspecified atom stereocenters. The Labute approximate surface area is 101 Å². The number of hydrazine groups is 1. The molecule has 4 nitrogen and oxygen atoms in total. The summed E-state index contributed by atoms with van der Waals surface area (Å²) in [7, 11) is 0. The Balaban J connectivity index is 1.79. The zero-order valence-corrected chi connectivity index (χ0v) is 10.1. The van der Waals surface area contributed by atoms with E-state index in [1.165, 1.54) is 11.1 Å². The van der Waals surface area contributed by atoms with Gasteiger partial charge in [-0.25, -0.2) is 10.0 Å². The third-order valence-corrected chi connectivity index (χ3v) is 3.25. The lowest BCUT2D eigenvalue weighted by atomic mass is 10.1. The predicted molar refractivity (Wildman–Crippen MR) is 67.3 cm³/mol. The summed E-state index contributed by atoms with van der Waals surface area (Å²) in [5, 5.41) is 4.50. The molecule has 90 valence electrons. The van der Waals surface area contributed by atoms with Crippen LogP contribution < -0.4 is 0 Å². The third kappa shape index (κ3) is 2.18. The molecule has 1 fully saturated rings. The minimum absolute atomic E-state index is 0.811. The molecule has 17 heavy (non-hydrogen) atoms. The van der Waals surface area contributed by atoms with E-state index in [0.717, 1.165) is 38.5 Å². The molecule has 0 aromatic heterocycles. The number of ether oxygens (including phenoxy) is 1. The Bertz CT molecular complexity index is 438. The van der Waals surface area contributed by atoms with Gasteiger partial charge in [0.2, 0.25) is 0 Å². The zero-order chi connectivity index (χ0) is 11.7. The first kappa shape index (κ1) is 10.7. The van der Waals surface area contributed by atoms with Crippen LogP contribution in [0.5, 0.6) is 0 Å². The molecule has 0 saturated carbocycles. The molecule has 0 N–H and O–H groups in total. The first-order valence-corrected chi connectivity index (χ1v) is 6.06. The van der Waals surface area contributed by atoms with E-state index in [4.69, 9.17) is 4.74 Å². The van der Waals surface area contributed by atoms with Crippen LogP contribution in [0.3, 0.4) is 0 Å². The highest BCUT2D eigenvalue weighted by Gasteiger charge is 2.20. The number of nitrogens with zero attached hydrogens (tertiary/aromatic N) is 3. The van der Waals surface area contributed by atoms with Gasteiger partial charge in [-0.1, -0.05) is 17.7 Å². The van der Waals surface area contributed by atoms with Gasteiger partial charge in [-0.05, 0) is 18.6 Å². The van der Waals surface area contributed by atoms with E-state index in [2.05, 4.69) is 40.1 Å². The highest BCUT2D eigenvalue weighted by Crippen LogP contribution is 2.25. The van der Waals surface area contributed by atoms with Crippen molar-refractivity contribution >= 4 is 12.0 Å². The second-order valence-electron chi connectivity index (χ2n) is 4.54. The van der Waals surface area contributed by atoms with E-state index in [9.17, 15) is 0 Å². The van der Waals surface area contributed by atoms with Crippen LogP contribution in [0.15, 0.2) is 23.2 Å². The second kappa shape index (κ2) is 4.47. The van der Waals surface area contributed by atoms with Crippen LogP contribution in [0, 0.1) is 6.92 Å². The average molecular weight is 231 g/mol. The van der Waals surface area contributed by atoms with Crippen molar-refractivity contribution in [3.63, 3.8) is 0 Å². The topological polar surface area (TPSA) is 28.1 Å². The monoisotopic (exact) mass is 231 g/mol. The molecular formula is C13H17N3O. The number of hydrogen-bond acceptors (Lipinski definition) is 4. The van der Waals surface area contributed by atoms with Crippen LogP contribution in [-0.2, 0) is 11.3 Å². The number of benzene rings is 1. The minimum atomic E-state index is 0.811. The largest absolute Gasteiger partial charge is 0.379 e. The van der Waals surface area contributed by atoms with Gasteiger partial charge in [0.15, 0.2) is 0 Å². The average Bonchev–Trinajstić information content (AvgIpc) is 2.39. The fourth-order valence-corrected chi connectivity index (χ4v) is 2.29. The molecule has 1 saturated heterocycles. The van der Waals surface area contributed by atoms with Crippen LogP contribution in [0.1, 0.15) is 11.1 Å². The molecule has 4 heteroatoms. The molecule has 2 heterocycles. The number of hydrogen-bond donors (Lipinski definition) is 0. The van der Waals surface area contributed by atoms with Crippen molar-refractivity contribution in [3.05, 3.63) is 29.3 Å². The van der Waals surface area contributed by atoms with Crippen molar-refractivity contribution in [3.8, 4) is 0 Å². The molecule has 0 bridgehead atoms. The summed E-state index contributed by atoms with van der Waals surface area (Å²) in [4.78, 5) is 4.51. The zero-order valence-electron chi connectivity index (χ0n) is 10.1. The van der Waals surface area contributed by atoms with E-state index < -0.39 is 0 Å². The summed E-state index contributed by atoms with van der Waals surface area (Å²) in [6.07, 6.45) is 1.93. The Hall–Kier alpha value is -1.39. The van der Waals surface area contributed by atoms with Gasteiger partial charge in [0, 0.05) is 13.1 Å². The van der Waals surface area contributed by atoms with Gasteiger partial charge in [0.05, 0.1) is 25.4 Å². The van der Waals surface area contributed by atoms with E-state index in [0.29, 0.717) is 0 Å². The summed E-state index contributed by atoms with van der Waals surface area (Å²) < 4.78 is 5.37. The van der Waals surface area contributed by atoms with Crippen LogP contribution in [0.2, 0.25) is 0 Å². The fraction of sp³-hybridized carbons (Fsp3) is 0.462. The van der Waals surface area contributed by atoms with Crippen molar-refractivity contribution in [2.24, 2.45) is 4.99 Å². The molecule has 2 aliphatic heterocycles. The molecule has 0 spiro atoms. The van der Waals surface area contributed by atoms with Crippen LogP contribution in [-0.4, -0.2) is 42.7 Å². The van der Waals surface area contributed by atoms with Gasteiger partial charge < -0.3 is 4.74 Å². The van der Waals surface area contributed by atoms with Crippen molar-refractivity contribution in [1.29, 1.82) is 0 Å². The van der Waals surface area contributed by atoms with Gasteiger partial charge in [-0.3, -0.25) is 5.01 Å². The first-order valence-electron chi connectivity index (χ1n) is 6.06. The quantitative estimate of drug-likeness (QED) is 0.736. The highest BCUT2D eigenvalue weighted by molar-refractivity contribution is 5.66. The number of fused-ring (bicyclic) bond motifs is 1. The molecule has 3 rings (SSSR count). The standard InChI is InChI=1S/C13H17N3O/c1-11-2-3-13-12(8-11)9-16(10-14-13)15-4-6-17-7-5-15/h2-3,8,10H,4-7,9H2,1H3. The summed E-state index contributed by atoms with van der Waals surface area (Å²) in [6, 6.07) is 6.43. The molecule has 0 atom stereocenters. The Kier molecular flexibility index (Phi) is 2.82. The van der Waals surface area contributed by atoms with Crippen LogP contribution >= 0.6 is 0 Å². The molecule has 0 amide bonds. The lowest BCUT2D eigenvalue weighted by Gasteiger charge is -2.37. The van der Waals surface area contributed by atoms with E-state index in [1.54, 1.807) is 0 Å². The predicted octanol–water partition coefficient (Wildman–Crippen LogP) is 1.72. The number of rotatable bonds is 1. The van der Waals surface area contributed by atoms with Crippen molar-refractivity contribution in [2.45, 2.75) is 13.5 Å². The van der Waals surface area contributed by atoms with Crippen molar-refractivity contribution < 1.29 is 4.74 Å². The van der Waals surface area contributed by atoms with E-state index in [1.807, 2.05) is 6.34 Å². The Morgan fingerprint density at radius 3 is 2.88 bits per heavy atom. The third-order valence-electron chi connectivity index (χ3n) is 3.25. The highest BCUT2D eigenvalue weighted by atomic mass is 16.5. The lowest BCUT2D eigenvalue weighted by Crippen LogP contribution is -2.48. The second-order valence-corrected chi connectivity index (χ2v) is 4.54. The maximum Gasteiger partial charge on any atom is 0.106 e. The molecular weight excluding hydrogens is 214 g/mol.